The average Bonchev–Trinajstić information content (AvgIpc) is 2.03. The summed E-state index contributed by atoms with van der Waals surface area (Å²) in [4.78, 5) is 2.53. The zero-order chi connectivity index (χ0) is 8.97. The maximum absolute atomic E-state index is 3.92. The van der Waals surface area contributed by atoms with Gasteiger partial charge in [-0.3, -0.25) is 4.90 Å². The van der Waals surface area contributed by atoms with E-state index in [4.69, 9.17) is 0 Å². The van der Waals surface area contributed by atoms with Gasteiger partial charge in [-0.25, -0.2) is 0 Å². The molecular weight excluding hydrogens is 148 g/mol. The highest BCUT2D eigenvalue weighted by molar-refractivity contribution is 4.90. The number of piperazine rings is 1. The van der Waals surface area contributed by atoms with Crippen molar-refractivity contribution in [1.82, 2.24) is 10.2 Å². The van der Waals surface area contributed by atoms with Crippen LogP contribution < -0.4 is 5.32 Å². The van der Waals surface area contributed by atoms with E-state index in [1.165, 1.54) is 18.7 Å². The van der Waals surface area contributed by atoms with Crippen molar-refractivity contribution in [3.63, 3.8) is 0 Å². The van der Waals surface area contributed by atoms with Crippen LogP contribution >= 0.6 is 0 Å². The molecule has 1 saturated heterocycles. The number of rotatable bonds is 3. The van der Waals surface area contributed by atoms with Crippen LogP contribution in [0.1, 0.15) is 20.3 Å². The highest BCUT2D eigenvalue weighted by Crippen LogP contribution is 2.05. The van der Waals surface area contributed by atoms with E-state index < -0.39 is 0 Å². The van der Waals surface area contributed by atoms with Crippen molar-refractivity contribution in [1.29, 1.82) is 0 Å². The van der Waals surface area contributed by atoms with Gasteiger partial charge in [-0.05, 0) is 20.3 Å². The third-order valence-electron chi connectivity index (χ3n) is 2.46. The van der Waals surface area contributed by atoms with Crippen LogP contribution in [0.3, 0.4) is 0 Å². The van der Waals surface area contributed by atoms with Crippen molar-refractivity contribution >= 4 is 0 Å². The Morgan fingerprint density at radius 3 is 3.00 bits per heavy atom. The third-order valence-corrected chi connectivity index (χ3v) is 2.46. The van der Waals surface area contributed by atoms with Crippen LogP contribution in [-0.2, 0) is 0 Å². The summed E-state index contributed by atoms with van der Waals surface area (Å²) in [5, 5.41) is 3.39. The Kier molecular flexibility index (Phi) is 3.76. The van der Waals surface area contributed by atoms with Gasteiger partial charge < -0.3 is 5.32 Å². The van der Waals surface area contributed by atoms with Gasteiger partial charge in [0.05, 0.1) is 0 Å². The summed E-state index contributed by atoms with van der Waals surface area (Å²) in [7, 11) is 0. The van der Waals surface area contributed by atoms with Crippen LogP contribution in [0.5, 0.6) is 0 Å². The predicted molar refractivity (Wildman–Crippen MR) is 53.3 cm³/mol. The molecule has 0 aromatic rings. The first kappa shape index (κ1) is 9.75. The monoisotopic (exact) mass is 168 g/mol. The molecule has 0 radical (unpaired) electrons. The molecule has 1 rings (SSSR count). The lowest BCUT2D eigenvalue weighted by Gasteiger charge is -2.33. The third kappa shape index (κ3) is 2.95. The Hall–Kier alpha value is -0.340. The van der Waals surface area contributed by atoms with E-state index in [0.29, 0.717) is 6.04 Å². The molecule has 1 heterocycles. The molecule has 0 aromatic carbocycles. The molecule has 1 fully saturated rings. The van der Waals surface area contributed by atoms with E-state index in [1.807, 2.05) is 0 Å². The van der Waals surface area contributed by atoms with Gasteiger partial charge in [-0.2, -0.15) is 0 Å². The highest BCUT2D eigenvalue weighted by Gasteiger charge is 2.16. The Labute approximate surface area is 75.6 Å². The minimum Gasteiger partial charge on any atom is -0.314 e. The standard InChI is InChI=1S/C10H20N2/c1-9(2)4-6-12-7-5-11-8-10(12)3/h10-11H,1,4-8H2,2-3H3. The molecule has 2 nitrogen and oxygen atoms in total. The van der Waals surface area contributed by atoms with Crippen LogP contribution in [-0.4, -0.2) is 37.1 Å². The Bertz CT molecular complexity index is 154. The molecule has 0 saturated carbocycles. The number of nitrogens with one attached hydrogen (secondary N) is 1. The Morgan fingerprint density at radius 2 is 2.42 bits per heavy atom. The Morgan fingerprint density at radius 1 is 1.67 bits per heavy atom. The lowest BCUT2D eigenvalue weighted by atomic mass is 10.1. The van der Waals surface area contributed by atoms with E-state index in [1.54, 1.807) is 0 Å². The van der Waals surface area contributed by atoms with Crippen LogP contribution in [0.15, 0.2) is 12.2 Å². The van der Waals surface area contributed by atoms with Crippen molar-refractivity contribution < 1.29 is 0 Å². The normalized spacial score (nSPS) is 25.7. The fourth-order valence-corrected chi connectivity index (χ4v) is 1.55. The van der Waals surface area contributed by atoms with Gasteiger partial charge in [0.25, 0.3) is 0 Å². The van der Waals surface area contributed by atoms with Crippen LogP contribution in [0.2, 0.25) is 0 Å². The van der Waals surface area contributed by atoms with Crippen molar-refractivity contribution in [3.8, 4) is 0 Å². The SMILES string of the molecule is C=C(C)CCN1CCNCC1C. The van der Waals surface area contributed by atoms with E-state index >= 15 is 0 Å². The first-order valence-electron chi connectivity index (χ1n) is 4.79. The zero-order valence-corrected chi connectivity index (χ0v) is 8.27. The summed E-state index contributed by atoms with van der Waals surface area (Å²) in [6.45, 7) is 13.0. The smallest absolute Gasteiger partial charge is 0.0193 e. The maximum atomic E-state index is 3.92. The highest BCUT2D eigenvalue weighted by atomic mass is 15.2. The first-order valence-corrected chi connectivity index (χ1v) is 4.79. The van der Waals surface area contributed by atoms with Crippen LogP contribution in [0.4, 0.5) is 0 Å². The summed E-state index contributed by atoms with van der Waals surface area (Å²) >= 11 is 0. The van der Waals surface area contributed by atoms with Gasteiger partial charge in [0.1, 0.15) is 0 Å². The summed E-state index contributed by atoms with van der Waals surface area (Å²) in [6.07, 6.45) is 1.14. The topological polar surface area (TPSA) is 15.3 Å². The van der Waals surface area contributed by atoms with Crippen molar-refractivity contribution in [2.75, 3.05) is 26.2 Å². The van der Waals surface area contributed by atoms with Gasteiger partial charge in [-0.1, -0.05) is 5.57 Å². The van der Waals surface area contributed by atoms with Crippen LogP contribution in [0, 0.1) is 0 Å². The van der Waals surface area contributed by atoms with Crippen molar-refractivity contribution in [3.05, 3.63) is 12.2 Å². The second-order valence-corrected chi connectivity index (χ2v) is 3.80. The van der Waals surface area contributed by atoms with E-state index in [-0.39, 0.29) is 0 Å². The number of nitrogens with zero attached hydrogens (tertiary/aromatic N) is 1. The lowest BCUT2D eigenvalue weighted by molar-refractivity contribution is 0.176. The summed E-state index contributed by atoms with van der Waals surface area (Å²) in [5.41, 5.74) is 1.29. The minimum atomic E-state index is 0.693. The molecule has 1 N–H and O–H groups in total. The summed E-state index contributed by atoms with van der Waals surface area (Å²) in [6, 6.07) is 0.693. The van der Waals surface area contributed by atoms with Crippen molar-refractivity contribution in [2.45, 2.75) is 26.3 Å². The molecular formula is C10H20N2. The molecule has 2 heteroatoms. The van der Waals surface area contributed by atoms with Crippen LogP contribution in [0.25, 0.3) is 0 Å². The molecule has 12 heavy (non-hydrogen) atoms. The summed E-state index contributed by atoms with van der Waals surface area (Å²) in [5.74, 6) is 0. The van der Waals surface area contributed by atoms with Gasteiger partial charge in [0.15, 0.2) is 0 Å². The first-order chi connectivity index (χ1) is 5.70. The molecule has 1 aliphatic heterocycles. The molecule has 1 aliphatic rings. The fraction of sp³-hybridized carbons (Fsp3) is 0.800. The van der Waals surface area contributed by atoms with E-state index in [0.717, 1.165) is 19.5 Å². The quantitative estimate of drug-likeness (QED) is 0.638. The molecule has 1 atom stereocenters. The fourth-order valence-electron chi connectivity index (χ4n) is 1.55. The molecule has 0 spiro atoms. The molecule has 0 bridgehead atoms. The molecule has 70 valence electrons. The van der Waals surface area contributed by atoms with E-state index in [9.17, 15) is 0 Å². The van der Waals surface area contributed by atoms with Crippen molar-refractivity contribution in [2.24, 2.45) is 0 Å². The van der Waals surface area contributed by atoms with E-state index in [2.05, 4.69) is 30.6 Å². The molecule has 0 amide bonds. The van der Waals surface area contributed by atoms with Gasteiger partial charge in [0.2, 0.25) is 0 Å². The largest absolute Gasteiger partial charge is 0.314 e. The predicted octanol–water partition coefficient (Wildman–Crippen LogP) is 1.25. The van der Waals surface area contributed by atoms with Gasteiger partial charge in [-0.15, -0.1) is 6.58 Å². The molecule has 0 aromatic heterocycles. The maximum Gasteiger partial charge on any atom is 0.0193 e. The molecule has 0 aliphatic carbocycles. The molecule has 1 unspecified atom stereocenters. The summed E-state index contributed by atoms with van der Waals surface area (Å²) < 4.78 is 0. The second kappa shape index (κ2) is 4.63. The number of hydrogen-bond acceptors (Lipinski definition) is 2. The number of hydrogen-bond donors (Lipinski definition) is 1. The second-order valence-electron chi connectivity index (χ2n) is 3.80. The minimum absolute atomic E-state index is 0.693. The Balaban J connectivity index is 2.24. The van der Waals surface area contributed by atoms with Gasteiger partial charge >= 0.3 is 0 Å². The lowest BCUT2D eigenvalue weighted by Crippen LogP contribution is -2.49. The zero-order valence-electron chi connectivity index (χ0n) is 8.27. The average molecular weight is 168 g/mol. The van der Waals surface area contributed by atoms with Gasteiger partial charge in [0, 0.05) is 32.2 Å².